The monoisotopic (exact) mass is 394 g/mol. The molecule has 0 aliphatic heterocycles. The van der Waals surface area contributed by atoms with Gasteiger partial charge in [-0.3, -0.25) is 0 Å². The average molecular weight is 395 g/mol. The molecule has 3 N–H and O–H groups in total. The van der Waals surface area contributed by atoms with Crippen LogP contribution in [0.1, 0.15) is 70.3 Å². The van der Waals surface area contributed by atoms with E-state index in [1.807, 2.05) is 0 Å². The predicted molar refractivity (Wildman–Crippen MR) is 120 cm³/mol. The number of hydrogen-bond donors (Lipinski definition) is 2. The smallest absolute Gasteiger partial charge is 0.0818 e. The Morgan fingerprint density at radius 3 is 2.29 bits per heavy atom. The standard InChI is InChI=1S/C25H34N2S/c1-2-22-17-12-24(19-6-4-3-5-7-19)13-18(22)15-25(14-17,16-24)23(28)27-21-10-8-20(26)9-11-21/h2-7,17-18,20-21H,8-16,26H2,1H3,(H,27,28). The van der Waals surface area contributed by atoms with Crippen molar-refractivity contribution in [3.8, 4) is 0 Å². The van der Waals surface area contributed by atoms with Gasteiger partial charge in [0.25, 0.3) is 0 Å². The summed E-state index contributed by atoms with van der Waals surface area (Å²) in [4.78, 5) is 1.18. The van der Waals surface area contributed by atoms with E-state index in [2.05, 4.69) is 48.6 Å². The van der Waals surface area contributed by atoms with Gasteiger partial charge in [-0.1, -0.05) is 54.2 Å². The van der Waals surface area contributed by atoms with Crippen LogP contribution in [0.3, 0.4) is 0 Å². The minimum atomic E-state index is 0.198. The molecule has 4 bridgehead atoms. The quantitative estimate of drug-likeness (QED) is 0.542. The Morgan fingerprint density at radius 2 is 1.68 bits per heavy atom. The number of benzene rings is 1. The Labute approximate surface area is 175 Å². The van der Waals surface area contributed by atoms with Gasteiger partial charge in [-0.2, -0.15) is 0 Å². The number of nitrogens with one attached hydrogen (secondary N) is 1. The van der Waals surface area contributed by atoms with Crippen LogP contribution in [-0.2, 0) is 5.41 Å². The second-order valence-corrected chi connectivity index (χ2v) is 10.6. The summed E-state index contributed by atoms with van der Waals surface area (Å²) in [5, 5.41) is 3.85. The van der Waals surface area contributed by atoms with E-state index in [1.165, 1.54) is 49.9 Å². The van der Waals surface area contributed by atoms with Crippen molar-refractivity contribution in [1.29, 1.82) is 0 Å². The average Bonchev–Trinajstić information content (AvgIpc) is 2.70. The molecule has 5 aliphatic carbocycles. The second-order valence-electron chi connectivity index (χ2n) is 10.2. The Hall–Kier alpha value is -1.19. The van der Waals surface area contributed by atoms with E-state index in [9.17, 15) is 0 Å². The molecule has 0 amide bonds. The van der Waals surface area contributed by atoms with Crippen LogP contribution in [0.25, 0.3) is 0 Å². The summed E-state index contributed by atoms with van der Waals surface area (Å²) in [5.74, 6) is 1.43. The molecular formula is C25H34N2S. The molecule has 2 unspecified atom stereocenters. The van der Waals surface area contributed by atoms with Crippen molar-refractivity contribution in [3.05, 3.63) is 47.5 Å². The van der Waals surface area contributed by atoms with Crippen LogP contribution in [0.4, 0.5) is 0 Å². The fourth-order valence-electron chi connectivity index (χ4n) is 7.41. The highest BCUT2D eigenvalue weighted by Crippen LogP contribution is 2.67. The molecule has 0 aromatic heterocycles. The molecule has 0 heterocycles. The first kappa shape index (κ1) is 18.8. The summed E-state index contributed by atoms with van der Waals surface area (Å²) in [7, 11) is 0. The van der Waals surface area contributed by atoms with Crippen molar-refractivity contribution in [3.63, 3.8) is 0 Å². The first-order valence-electron chi connectivity index (χ1n) is 11.3. The van der Waals surface area contributed by atoms with Crippen molar-refractivity contribution >= 4 is 17.2 Å². The van der Waals surface area contributed by atoms with Crippen LogP contribution in [0.5, 0.6) is 0 Å². The Balaban J connectivity index is 1.44. The van der Waals surface area contributed by atoms with Crippen molar-refractivity contribution in [2.75, 3.05) is 0 Å². The Bertz CT molecular complexity index is 757. The zero-order valence-electron chi connectivity index (χ0n) is 17.1. The van der Waals surface area contributed by atoms with Gasteiger partial charge in [0.05, 0.1) is 4.99 Å². The molecule has 6 rings (SSSR count). The lowest BCUT2D eigenvalue weighted by atomic mass is 9.41. The van der Waals surface area contributed by atoms with Gasteiger partial charge >= 0.3 is 0 Å². The Kier molecular flexibility index (Phi) is 4.67. The molecule has 0 radical (unpaired) electrons. The molecule has 150 valence electrons. The first-order valence-corrected chi connectivity index (χ1v) is 11.7. The van der Waals surface area contributed by atoms with E-state index < -0.39 is 0 Å². The summed E-state index contributed by atoms with van der Waals surface area (Å²) < 4.78 is 0. The maximum absolute atomic E-state index is 6.17. The molecule has 0 spiro atoms. The van der Waals surface area contributed by atoms with Gasteiger partial charge < -0.3 is 11.1 Å². The zero-order valence-corrected chi connectivity index (χ0v) is 17.9. The molecule has 5 fully saturated rings. The van der Waals surface area contributed by atoms with Gasteiger partial charge in [0.15, 0.2) is 0 Å². The SMILES string of the molecule is CC=C1C2CC3(C(=S)NC4CCC(N)CC4)CC1CC(c1ccccc1)(C2)C3. The fraction of sp³-hybridized carbons (Fsp3) is 0.640. The predicted octanol–water partition coefficient (Wildman–Crippen LogP) is 5.27. The third-order valence-corrected chi connectivity index (χ3v) is 9.03. The van der Waals surface area contributed by atoms with E-state index in [0.29, 0.717) is 29.3 Å². The van der Waals surface area contributed by atoms with E-state index in [0.717, 1.165) is 12.8 Å². The lowest BCUT2D eigenvalue weighted by molar-refractivity contribution is 0.00554. The van der Waals surface area contributed by atoms with Crippen molar-refractivity contribution < 1.29 is 0 Å². The molecule has 3 heteroatoms. The summed E-state index contributed by atoms with van der Waals surface area (Å²) in [6, 6.07) is 12.3. The van der Waals surface area contributed by atoms with E-state index in [4.69, 9.17) is 18.0 Å². The normalized spacial score (nSPS) is 41.7. The van der Waals surface area contributed by atoms with Crippen molar-refractivity contribution in [2.45, 2.75) is 82.2 Å². The lowest BCUT2D eigenvalue weighted by Gasteiger charge is -2.63. The van der Waals surface area contributed by atoms with Gasteiger partial charge in [-0.15, -0.1) is 0 Å². The maximum Gasteiger partial charge on any atom is 0.0818 e. The molecule has 1 aromatic carbocycles. The van der Waals surface area contributed by atoms with Crippen LogP contribution < -0.4 is 11.1 Å². The molecule has 2 nitrogen and oxygen atoms in total. The van der Waals surface area contributed by atoms with Crippen LogP contribution in [0.2, 0.25) is 0 Å². The summed E-state index contributed by atoms with van der Waals surface area (Å²) >= 11 is 6.17. The minimum absolute atomic E-state index is 0.198. The highest BCUT2D eigenvalue weighted by molar-refractivity contribution is 7.80. The van der Waals surface area contributed by atoms with Gasteiger partial charge in [-0.25, -0.2) is 0 Å². The van der Waals surface area contributed by atoms with Gasteiger partial charge in [0, 0.05) is 17.5 Å². The molecule has 5 saturated carbocycles. The zero-order chi connectivity index (χ0) is 19.4. The molecule has 28 heavy (non-hydrogen) atoms. The molecule has 2 atom stereocenters. The van der Waals surface area contributed by atoms with E-state index in [-0.39, 0.29) is 5.41 Å². The number of allylic oxidation sites excluding steroid dienone is 2. The topological polar surface area (TPSA) is 38.0 Å². The number of hydrogen-bond acceptors (Lipinski definition) is 2. The lowest BCUT2D eigenvalue weighted by Crippen LogP contribution is -2.60. The molecular weight excluding hydrogens is 360 g/mol. The largest absolute Gasteiger partial charge is 0.376 e. The number of rotatable bonds is 3. The third kappa shape index (κ3) is 2.97. The summed E-state index contributed by atoms with van der Waals surface area (Å²) in [6.07, 6.45) is 13.4. The highest BCUT2D eigenvalue weighted by atomic mass is 32.1. The Morgan fingerprint density at radius 1 is 1.04 bits per heavy atom. The maximum atomic E-state index is 6.17. The van der Waals surface area contributed by atoms with E-state index >= 15 is 0 Å². The van der Waals surface area contributed by atoms with Gasteiger partial charge in [0.2, 0.25) is 0 Å². The minimum Gasteiger partial charge on any atom is -0.376 e. The fourth-order valence-corrected chi connectivity index (χ4v) is 7.81. The summed E-state index contributed by atoms with van der Waals surface area (Å²) in [6.45, 7) is 2.25. The van der Waals surface area contributed by atoms with Crippen LogP contribution in [0, 0.1) is 17.3 Å². The molecule has 1 aromatic rings. The van der Waals surface area contributed by atoms with Crippen molar-refractivity contribution in [2.24, 2.45) is 23.0 Å². The van der Waals surface area contributed by atoms with Gasteiger partial charge in [0.1, 0.15) is 0 Å². The number of thiocarbonyl (C=S) groups is 1. The second kappa shape index (κ2) is 6.95. The molecule has 0 saturated heterocycles. The van der Waals surface area contributed by atoms with Crippen LogP contribution >= 0.6 is 12.2 Å². The van der Waals surface area contributed by atoms with Crippen molar-refractivity contribution in [1.82, 2.24) is 5.32 Å². The van der Waals surface area contributed by atoms with E-state index in [1.54, 1.807) is 11.1 Å². The third-order valence-electron chi connectivity index (χ3n) is 8.48. The van der Waals surface area contributed by atoms with Gasteiger partial charge in [-0.05, 0) is 87.5 Å². The summed E-state index contributed by atoms with van der Waals surface area (Å²) in [5.41, 5.74) is 9.92. The first-order chi connectivity index (χ1) is 13.5. The van der Waals surface area contributed by atoms with Crippen LogP contribution in [-0.4, -0.2) is 17.1 Å². The molecule has 5 aliphatic rings. The highest BCUT2D eigenvalue weighted by Gasteiger charge is 2.61. The number of nitrogens with two attached hydrogens (primary N) is 1. The van der Waals surface area contributed by atoms with Crippen LogP contribution in [0.15, 0.2) is 42.0 Å².